The molecule has 0 aliphatic rings. The predicted octanol–water partition coefficient (Wildman–Crippen LogP) is 3.04. The number of aromatic nitrogens is 1. The fraction of sp³-hybridized carbons (Fsp3) is 0.167. The Morgan fingerprint density at radius 3 is 2.84 bits per heavy atom. The number of hydrogen-bond donors (Lipinski definition) is 1. The van der Waals surface area contributed by atoms with E-state index >= 15 is 0 Å². The Morgan fingerprint density at radius 2 is 2.16 bits per heavy atom. The Hall–Kier alpha value is -2.02. The third-order valence-corrected chi connectivity index (χ3v) is 3.14. The molecular formula is C12H9F2NO3S. The summed E-state index contributed by atoms with van der Waals surface area (Å²) in [7, 11) is 0. The number of benzene rings is 1. The number of thiazole rings is 1. The van der Waals surface area contributed by atoms with Crippen LogP contribution in [0.2, 0.25) is 0 Å². The minimum absolute atomic E-state index is 0.0220. The molecule has 0 radical (unpaired) electrons. The van der Waals surface area contributed by atoms with Gasteiger partial charge in [0, 0.05) is 5.38 Å². The Kier molecular flexibility index (Phi) is 4.06. The largest absolute Gasteiger partial charge is 0.481 e. The lowest BCUT2D eigenvalue weighted by molar-refractivity contribution is -0.136. The molecule has 0 unspecified atom stereocenters. The summed E-state index contributed by atoms with van der Waals surface area (Å²) in [5.41, 5.74) is 0.809. The van der Waals surface area contributed by atoms with Crippen molar-refractivity contribution in [3.8, 4) is 16.3 Å². The van der Waals surface area contributed by atoms with Gasteiger partial charge >= 0.3 is 12.6 Å². The van der Waals surface area contributed by atoms with E-state index in [0.29, 0.717) is 16.3 Å². The predicted molar refractivity (Wildman–Crippen MR) is 65.5 cm³/mol. The number of carboxylic acids is 1. The minimum atomic E-state index is -2.92. The smallest absolute Gasteiger partial charge is 0.387 e. The van der Waals surface area contributed by atoms with Gasteiger partial charge in [0.05, 0.1) is 17.7 Å². The zero-order valence-electron chi connectivity index (χ0n) is 9.55. The molecular weight excluding hydrogens is 276 g/mol. The number of rotatable bonds is 5. The number of ether oxygens (including phenoxy) is 1. The number of carbonyl (C=O) groups is 1. The van der Waals surface area contributed by atoms with Crippen molar-refractivity contribution in [2.45, 2.75) is 13.0 Å². The van der Waals surface area contributed by atoms with Crippen molar-refractivity contribution in [1.82, 2.24) is 4.98 Å². The van der Waals surface area contributed by atoms with Crippen LogP contribution in [0, 0.1) is 0 Å². The summed E-state index contributed by atoms with van der Waals surface area (Å²) in [5.74, 6) is -0.970. The average molecular weight is 285 g/mol. The first-order valence-corrected chi connectivity index (χ1v) is 6.14. The van der Waals surface area contributed by atoms with Crippen LogP contribution in [0.15, 0.2) is 29.6 Å². The van der Waals surface area contributed by atoms with E-state index in [2.05, 4.69) is 9.72 Å². The van der Waals surface area contributed by atoms with Gasteiger partial charge in [-0.3, -0.25) is 4.79 Å². The zero-order valence-corrected chi connectivity index (χ0v) is 10.4. The number of hydrogen-bond acceptors (Lipinski definition) is 4. The van der Waals surface area contributed by atoms with Crippen LogP contribution in [0.1, 0.15) is 5.69 Å². The van der Waals surface area contributed by atoms with Crippen LogP contribution in [0.3, 0.4) is 0 Å². The number of aliphatic carboxylic acids is 1. The lowest BCUT2D eigenvalue weighted by Crippen LogP contribution is -2.03. The maximum Gasteiger partial charge on any atom is 0.387 e. The van der Waals surface area contributed by atoms with Crippen molar-refractivity contribution in [2.24, 2.45) is 0 Å². The molecule has 0 fully saturated rings. The average Bonchev–Trinajstić information content (AvgIpc) is 2.76. The van der Waals surface area contributed by atoms with Gasteiger partial charge in [-0.2, -0.15) is 8.78 Å². The first kappa shape index (κ1) is 13.4. The van der Waals surface area contributed by atoms with E-state index in [4.69, 9.17) is 5.11 Å². The lowest BCUT2D eigenvalue weighted by Gasteiger charge is -2.08. The molecule has 7 heteroatoms. The van der Waals surface area contributed by atoms with Crippen molar-refractivity contribution in [3.63, 3.8) is 0 Å². The molecule has 0 aliphatic carbocycles. The summed E-state index contributed by atoms with van der Waals surface area (Å²) in [6.45, 7) is -2.92. The molecule has 4 nitrogen and oxygen atoms in total. The van der Waals surface area contributed by atoms with E-state index in [1.807, 2.05) is 0 Å². The van der Waals surface area contributed by atoms with Crippen LogP contribution >= 0.6 is 11.3 Å². The molecule has 0 bridgehead atoms. The first-order valence-electron chi connectivity index (χ1n) is 5.26. The number of nitrogens with zero attached hydrogens (tertiary/aromatic N) is 1. The van der Waals surface area contributed by atoms with Gasteiger partial charge in [0.25, 0.3) is 0 Å². The molecule has 19 heavy (non-hydrogen) atoms. The van der Waals surface area contributed by atoms with Gasteiger partial charge in [0.1, 0.15) is 10.8 Å². The van der Waals surface area contributed by atoms with Gasteiger partial charge in [0.15, 0.2) is 0 Å². The highest BCUT2D eigenvalue weighted by molar-refractivity contribution is 7.13. The molecule has 2 rings (SSSR count). The lowest BCUT2D eigenvalue weighted by atomic mass is 10.2. The standard InChI is InChI=1S/C12H9F2NO3S/c13-12(14)18-9-4-2-1-3-8(9)11-15-7(6-19-11)5-10(16)17/h1-4,6,12H,5H2,(H,16,17). The number of alkyl halides is 2. The summed E-state index contributed by atoms with van der Waals surface area (Å²) in [5, 5.41) is 10.7. The molecule has 0 saturated carbocycles. The molecule has 0 atom stereocenters. The molecule has 1 aromatic carbocycles. The van der Waals surface area contributed by atoms with Crippen LogP contribution in [0.5, 0.6) is 5.75 Å². The van der Waals surface area contributed by atoms with Crippen molar-refractivity contribution in [2.75, 3.05) is 0 Å². The van der Waals surface area contributed by atoms with Crippen molar-refractivity contribution < 1.29 is 23.4 Å². The highest BCUT2D eigenvalue weighted by atomic mass is 32.1. The second-order valence-electron chi connectivity index (χ2n) is 3.59. The van der Waals surface area contributed by atoms with E-state index in [0.717, 1.165) is 0 Å². The van der Waals surface area contributed by atoms with Gasteiger partial charge < -0.3 is 9.84 Å². The van der Waals surface area contributed by atoms with Crippen LogP contribution in [-0.2, 0) is 11.2 Å². The van der Waals surface area contributed by atoms with E-state index < -0.39 is 12.6 Å². The highest BCUT2D eigenvalue weighted by Crippen LogP contribution is 2.33. The summed E-state index contributed by atoms with van der Waals surface area (Å²) < 4.78 is 29.0. The third-order valence-electron chi connectivity index (χ3n) is 2.22. The number of carboxylic acid groups (broad SMARTS) is 1. The highest BCUT2D eigenvalue weighted by Gasteiger charge is 2.14. The zero-order chi connectivity index (χ0) is 13.8. The maximum absolute atomic E-state index is 12.3. The van der Waals surface area contributed by atoms with Crippen molar-refractivity contribution >= 4 is 17.3 Å². The number of para-hydroxylation sites is 1. The molecule has 1 N–H and O–H groups in total. The fourth-order valence-corrected chi connectivity index (χ4v) is 2.36. The van der Waals surface area contributed by atoms with Gasteiger partial charge in [0.2, 0.25) is 0 Å². The Labute approximate surface area is 111 Å². The summed E-state index contributed by atoms with van der Waals surface area (Å²) in [4.78, 5) is 14.7. The Morgan fingerprint density at radius 1 is 1.42 bits per heavy atom. The summed E-state index contributed by atoms with van der Waals surface area (Å²) >= 11 is 1.19. The summed E-state index contributed by atoms with van der Waals surface area (Å²) in [6.07, 6.45) is -0.200. The number of halogens is 2. The third kappa shape index (κ3) is 3.47. The SMILES string of the molecule is O=C(O)Cc1csc(-c2ccccc2OC(F)F)n1. The molecule has 0 aliphatic heterocycles. The minimum Gasteiger partial charge on any atom is -0.481 e. The van der Waals surface area contributed by atoms with Gasteiger partial charge in [-0.05, 0) is 12.1 Å². The molecule has 0 saturated heterocycles. The maximum atomic E-state index is 12.3. The molecule has 1 heterocycles. The normalized spacial score (nSPS) is 10.7. The Bertz CT molecular complexity index is 586. The molecule has 0 spiro atoms. The van der Waals surface area contributed by atoms with Crippen molar-refractivity contribution in [1.29, 1.82) is 0 Å². The van der Waals surface area contributed by atoms with Gasteiger partial charge in [-0.15, -0.1) is 11.3 Å². The summed E-state index contributed by atoms with van der Waals surface area (Å²) in [6, 6.07) is 6.26. The van der Waals surface area contributed by atoms with E-state index in [9.17, 15) is 13.6 Å². The molecule has 2 aromatic rings. The molecule has 0 amide bonds. The van der Waals surface area contributed by atoms with E-state index in [1.165, 1.54) is 17.4 Å². The molecule has 100 valence electrons. The van der Waals surface area contributed by atoms with E-state index in [1.54, 1.807) is 23.6 Å². The first-order chi connectivity index (χ1) is 9.06. The van der Waals surface area contributed by atoms with Crippen LogP contribution in [0.25, 0.3) is 10.6 Å². The Balaban J connectivity index is 2.30. The quantitative estimate of drug-likeness (QED) is 0.917. The van der Waals surface area contributed by atoms with Crippen LogP contribution in [-0.4, -0.2) is 22.7 Å². The van der Waals surface area contributed by atoms with Crippen LogP contribution in [0.4, 0.5) is 8.78 Å². The monoisotopic (exact) mass is 285 g/mol. The van der Waals surface area contributed by atoms with Crippen molar-refractivity contribution in [3.05, 3.63) is 35.3 Å². The van der Waals surface area contributed by atoms with Gasteiger partial charge in [-0.25, -0.2) is 4.98 Å². The second-order valence-corrected chi connectivity index (χ2v) is 4.45. The molecule has 1 aromatic heterocycles. The fourth-order valence-electron chi connectivity index (χ4n) is 1.51. The van der Waals surface area contributed by atoms with Crippen LogP contribution < -0.4 is 4.74 Å². The second kappa shape index (κ2) is 5.75. The van der Waals surface area contributed by atoms with Gasteiger partial charge in [-0.1, -0.05) is 12.1 Å². The topological polar surface area (TPSA) is 59.4 Å². The van der Waals surface area contributed by atoms with E-state index in [-0.39, 0.29) is 12.2 Å².